The van der Waals surface area contributed by atoms with E-state index < -0.39 is 11.6 Å². The van der Waals surface area contributed by atoms with E-state index >= 15 is 0 Å². The Balaban J connectivity index is 2.37. The maximum Gasteiger partial charge on any atom is 0.159 e. The molecule has 0 aliphatic heterocycles. The molecule has 1 aromatic carbocycles. The molecule has 1 aromatic heterocycles. The van der Waals surface area contributed by atoms with Crippen LogP contribution in [0.4, 0.5) is 8.78 Å². The molecule has 100 valence electrons. The molecule has 0 saturated heterocycles. The predicted octanol–water partition coefficient (Wildman–Crippen LogP) is 2.62. The summed E-state index contributed by atoms with van der Waals surface area (Å²) in [7, 11) is 0. The van der Waals surface area contributed by atoms with Crippen LogP contribution in [0.5, 0.6) is 0 Å². The van der Waals surface area contributed by atoms with Gasteiger partial charge in [0.05, 0.1) is 5.69 Å². The molecule has 0 radical (unpaired) electrons. The fraction of sp³-hybridized carbons (Fsp3) is 0.286. The van der Waals surface area contributed by atoms with E-state index in [2.05, 4.69) is 9.97 Å². The SMILES string of the molecule is Cc1cc(-c2ccc(F)c(F)c2)nc(CCCN)n1. The second-order valence-corrected chi connectivity index (χ2v) is 4.33. The van der Waals surface area contributed by atoms with Gasteiger partial charge in [-0.2, -0.15) is 0 Å². The molecule has 0 aliphatic rings. The van der Waals surface area contributed by atoms with E-state index in [1.807, 2.05) is 6.92 Å². The number of hydrogen-bond acceptors (Lipinski definition) is 3. The lowest BCUT2D eigenvalue weighted by Crippen LogP contribution is -2.05. The van der Waals surface area contributed by atoms with Crippen molar-refractivity contribution < 1.29 is 8.78 Å². The summed E-state index contributed by atoms with van der Waals surface area (Å²) in [4.78, 5) is 8.66. The van der Waals surface area contributed by atoms with Crippen LogP contribution < -0.4 is 5.73 Å². The van der Waals surface area contributed by atoms with Crippen LogP contribution in [0.15, 0.2) is 24.3 Å². The molecule has 2 rings (SSSR count). The first kappa shape index (κ1) is 13.5. The number of aryl methyl sites for hydroxylation is 2. The fourth-order valence-corrected chi connectivity index (χ4v) is 1.81. The van der Waals surface area contributed by atoms with Crippen LogP contribution >= 0.6 is 0 Å². The van der Waals surface area contributed by atoms with Gasteiger partial charge >= 0.3 is 0 Å². The van der Waals surface area contributed by atoms with Crippen molar-refractivity contribution in [3.63, 3.8) is 0 Å². The molecule has 0 bridgehead atoms. The number of nitrogens with zero attached hydrogens (tertiary/aromatic N) is 2. The van der Waals surface area contributed by atoms with E-state index in [0.29, 0.717) is 30.0 Å². The Hall–Kier alpha value is -1.88. The molecule has 2 N–H and O–H groups in total. The first-order valence-corrected chi connectivity index (χ1v) is 6.10. The third kappa shape index (κ3) is 3.32. The van der Waals surface area contributed by atoms with E-state index in [-0.39, 0.29) is 0 Å². The Morgan fingerprint density at radius 3 is 2.58 bits per heavy atom. The molecule has 5 heteroatoms. The topological polar surface area (TPSA) is 51.8 Å². The summed E-state index contributed by atoms with van der Waals surface area (Å²) < 4.78 is 26.2. The highest BCUT2D eigenvalue weighted by molar-refractivity contribution is 5.59. The van der Waals surface area contributed by atoms with Crippen molar-refractivity contribution in [1.29, 1.82) is 0 Å². The summed E-state index contributed by atoms with van der Waals surface area (Å²) >= 11 is 0. The monoisotopic (exact) mass is 263 g/mol. The zero-order valence-corrected chi connectivity index (χ0v) is 10.7. The fourth-order valence-electron chi connectivity index (χ4n) is 1.81. The van der Waals surface area contributed by atoms with Crippen LogP contribution in [0.1, 0.15) is 17.9 Å². The van der Waals surface area contributed by atoms with Crippen LogP contribution in [-0.4, -0.2) is 16.5 Å². The Kier molecular flexibility index (Phi) is 4.16. The molecule has 0 fully saturated rings. The van der Waals surface area contributed by atoms with E-state index in [4.69, 9.17) is 5.73 Å². The Labute approximate surface area is 110 Å². The third-order valence-electron chi connectivity index (χ3n) is 2.72. The van der Waals surface area contributed by atoms with Crippen LogP contribution in [0.25, 0.3) is 11.3 Å². The molecule has 0 saturated carbocycles. The summed E-state index contributed by atoms with van der Waals surface area (Å²) in [5.74, 6) is -1.07. The van der Waals surface area contributed by atoms with Crippen molar-refractivity contribution in [3.05, 3.63) is 47.4 Å². The van der Waals surface area contributed by atoms with Crippen LogP contribution in [0, 0.1) is 18.6 Å². The van der Waals surface area contributed by atoms with Gasteiger partial charge < -0.3 is 5.73 Å². The number of benzene rings is 1. The van der Waals surface area contributed by atoms with E-state index in [0.717, 1.165) is 24.2 Å². The summed E-state index contributed by atoms with van der Waals surface area (Å²) in [5.41, 5.74) is 7.38. The average Bonchev–Trinajstić information content (AvgIpc) is 2.39. The molecule has 0 spiro atoms. The lowest BCUT2D eigenvalue weighted by molar-refractivity contribution is 0.509. The highest BCUT2D eigenvalue weighted by Crippen LogP contribution is 2.20. The average molecular weight is 263 g/mol. The molecule has 0 amide bonds. The first-order chi connectivity index (χ1) is 9.10. The number of halogens is 2. The van der Waals surface area contributed by atoms with E-state index in [9.17, 15) is 8.78 Å². The van der Waals surface area contributed by atoms with Crippen molar-refractivity contribution in [2.45, 2.75) is 19.8 Å². The number of rotatable bonds is 4. The van der Waals surface area contributed by atoms with Crippen LogP contribution in [-0.2, 0) is 6.42 Å². The van der Waals surface area contributed by atoms with Gasteiger partial charge in [-0.05, 0) is 44.2 Å². The predicted molar refractivity (Wildman–Crippen MR) is 69.5 cm³/mol. The minimum Gasteiger partial charge on any atom is -0.330 e. The highest BCUT2D eigenvalue weighted by Gasteiger charge is 2.08. The zero-order valence-electron chi connectivity index (χ0n) is 10.7. The van der Waals surface area contributed by atoms with Crippen molar-refractivity contribution in [3.8, 4) is 11.3 Å². The summed E-state index contributed by atoms with van der Waals surface area (Å²) in [5, 5.41) is 0. The van der Waals surface area contributed by atoms with Gasteiger partial charge in [0.15, 0.2) is 11.6 Å². The standard InChI is InChI=1S/C14H15F2N3/c1-9-7-13(19-14(18-9)3-2-6-17)10-4-5-11(15)12(16)8-10/h4-5,7-8H,2-3,6,17H2,1H3. The Bertz CT molecular complexity index is 585. The van der Waals surface area contributed by atoms with Crippen molar-refractivity contribution >= 4 is 0 Å². The second-order valence-electron chi connectivity index (χ2n) is 4.33. The molecular formula is C14H15F2N3. The largest absolute Gasteiger partial charge is 0.330 e. The number of nitrogens with two attached hydrogens (primary N) is 1. The lowest BCUT2D eigenvalue weighted by Gasteiger charge is -2.06. The van der Waals surface area contributed by atoms with Crippen LogP contribution in [0.3, 0.4) is 0 Å². The van der Waals surface area contributed by atoms with Gasteiger partial charge in [-0.3, -0.25) is 0 Å². The summed E-state index contributed by atoms with van der Waals surface area (Å²) in [6, 6.07) is 5.50. The first-order valence-electron chi connectivity index (χ1n) is 6.10. The van der Waals surface area contributed by atoms with Gasteiger partial charge in [0.25, 0.3) is 0 Å². The molecule has 0 aliphatic carbocycles. The number of aromatic nitrogens is 2. The smallest absolute Gasteiger partial charge is 0.159 e. The van der Waals surface area contributed by atoms with Crippen LogP contribution in [0.2, 0.25) is 0 Å². The molecule has 3 nitrogen and oxygen atoms in total. The molecule has 2 aromatic rings. The van der Waals surface area contributed by atoms with Gasteiger partial charge in [0.2, 0.25) is 0 Å². The Morgan fingerprint density at radius 1 is 1.11 bits per heavy atom. The maximum absolute atomic E-state index is 13.2. The second kappa shape index (κ2) is 5.84. The minimum atomic E-state index is -0.878. The molecule has 1 heterocycles. The number of hydrogen-bond donors (Lipinski definition) is 1. The quantitative estimate of drug-likeness (QED) is 0.922. The van der Waals surface area contributed by atoms with Crippen molar-refractivity contribution in [2.24, 2.45) is 5.73 Å². The highest BCUT2D eigenvalue weighted by atomic mass is 19.2. The summed E-state index contributed by atoms with van der Waals surface area (Å²) in [6.07, 6.45) is 1.47. The molecular weight excluding hydrogens is 248 g/mol. The summed E-state index contributed by atoms with van der Waals surface area (Å²) in [6.45, 7) is 2.41. The molecule has 0 atom stereocenters. The lowest BCUT2D eigenvalue weighted by atomic mass is 10.1. The molecule has 0 unspecified atom stereocenters. The minimum absolute atomic E-state index is 0.540. The molecule has 19 heavy (non-hydrogen) atoms. The third-order valence-corrected chi connectivity index (χ3v) is 2.72. The van der Waals surface area contributed by atoms with Gasteiger partial charge in [0.1, 0.15) is 5.82 Å². The zero-order chi connectivity index (χ0) is 13.8. The van der Waals surface area contributed by atoms with Gasteiger partial charge in [-0.15, -0.1) is 0 Å². The van der Waals surface area contributed by atoms with Crippen molar-refractivity contribution in [1.82, 2.24) is 9.97 Å². The van der Waals surface area contributed by atoms with E-state index in [1.54, 1.807) is 6.07 Å². The Morgan fingerprint density at radius 2 is 1.89 bits per heavy atom. The van der Waals surface area contributed by atoms with Gasteiger partial charge in [0, 0.05) is 17.7 Å². The maximum atomic E-state index is 13.2. The normalized spacial score (nSPS) is 10.7. The van der Waals surface area contributed by atoms with Gasteiger partial charge in [-0.25, -0.2) is 18.7 Å². The van der Waals surface area contributed by atoms with E-state index in [1.165, 1.54) is 6.07 Å². The van der Waals surface area contributed by atoms with Gasteiger partial charge in [-0.1, -0.05) is 0 Å². The van der Waals surface area contributed by atoms with Crippen molar-refractivity contribution in [2.75, 3.05) is 6.54 Å².